The molecule has 5 nitrogen and oxygen atoms in total. The van der Waals surface area contributed by atoms with E-state index in [2.05, 4.69) is 26.9 Å². The maximum atomic E-state index is 6.27. The zero-order valence-corrected chi connectivity index (χ0v) is 14.8. The van der Waals surface area contributed by atoms with Gasteiger partial charge in [-0.1, -0.05) is 11.6 Å². The number of nitrogens with zero attached hydrogens (tertiary/aromatic N) is 3. The Morgan fingerprint density at radius 3 is 2.29 bits per heavy atom. The quantitative estimate of drug-likeness (QED) is 0.831. The number of methoxy groups -OCH3 is 2. The first-order valence-electron chi connectivity index (χ1n) is 7.99. The lowest BCUT2D eigenvalue weighted by atomic mass is 10.1. The van der Waals surface area contributed by atoms with Crippen molar-refractivity contribution >= 4 is 17.3 Å². The van der Waals surface area contributed by atoms with Crippen molar-refractivity contribution in [3.8, 4) is 11.5 Å². The number of benzene rings is 1. The molecule has 24 heavy (non-hydrogen) atoms. The van der Waals surface area contributed by atoms with E-state index in [0.717, 1.165) is 44.0 Å². The lowest BCUT2D eigenvalue weighted by Crippen LogP contribution is -2.46. The van der Waals surface area contributed by atoms with Crippen LogP contribution in [0.1, 0.15) is 5.56 Å². The number of rotatable bonds is 5. The molecule has 0 spiro atoms. The number of ether oxygens (including phenoxy) is 2. The first kappa shape index (κ1) is 16.9. The predicted molar refractivity (Wildman–Crippen MR) is 96.3 cm³/mol. The Kier molecular flexibility index (Phi) is 5.43. The number of hydrogen-bond acceptors (Lipinski definition) is 5. The maximum absolute atomic E-state index is 6.27. The molecule has 1 aromatic carbocycles. The van der Waals surface area contributed by atoms with Crippen LogP contribution in [0.3, 0.4) is 0 Å². The van der Waals surface area contributed by atoms with Gasteiger partial charge in [-0.15, -0.1) is 0 Å². The van der Waals surface area contributed by atoms with Gasteiger partial charge in [0.1, 0.15) is 11.5 Å². The Morgan fingerprint density at radius 1 is 1.00 bits per heavy atom. The molecule has 1 aliphatic heterocycles. The van der Waals surface area contributed by atoms with Gasteiger partial charge < -0.3 is 14.4 Å². The molecule has 6 heteroatoms. The van der Waals surface area contributed by atoms with Crippen molar-refractivity contribution in [3.05, 3.63) is 47.2 Å². The van der Waals surface area contributed by atoms with E-state index < -0.39 is 0 Å². The highest BCUT2D eigenvalue weighted by Gasteiger charge is 2.19. The van der Waals surface area contributed by atoms with Crippen LogP contribution < -0.4 is 14.4 Å². The molecule has 128 valence electrons. The van der Waals surface area contributed by atoms with Gasteiger partial charge in [0.05, 0.1) is 19.2 Å². The number of anilines is 1. The summed E-state index contributed by atoms with van der Waals surface area (Å²) in [5.41, 5.74) is 2.32. The van der Waals surface area contributed by atoms with Crippen LogP contribution >= 0.6 is 11.6 Å². The molecule has 1 saturated heterocycles. The normalized spacial score (nSPS) is 15.4. The summed E-state index contributed by atoms with van der Waals surface area (Å²) < 4.78 is 10.8. The van der Waals surface area contributed by atoms with Crippen LogP contribution in [0.4, 0.5) is 5.69 Å². The minimum atomic E-state index is 0.615. The summed E-state index contributed by atoms with van der Waals surface area (Å²) in [5, 5.41) is 0.615. The summed E-state index contributed by atoms with van der Waals surface area (Å²) in [5.74, 6) is 1.45. The maximum Gasteiger partial charge on any atom is 0.141 e. The molecule has 3 rings (SSSR count). The average molecular weight is 348 g/mol. The highest BCUT2D eigenvalue weighted by molar-refractivity contribution is 6.32. The first-order chi connectivity index (χ1) is 11.7. The van der Waals surface area contributed by atoms with Crippen molar-refractivity contribution in [3.63, 3.8) is 0 Å². The summed E-state index contributed by atoms with van der Waals surface area (Å²) in [6.45, 7) is 4.80. The molecule has 1 aliphatic rings. The smallest absolute Gasteiger partial charge is 0.141 e. The third-order valence-electron chi connectivity index (χ3n) is 4.35. The Balaban J connectivity index is 1.65. The summed E-state index contributed by atoms with van der Waals surface area (Å²) >= 11 is 6.27. The number of aromatic nitrogens is 1. The highest BCUT2D eigenvalue weighted by Crippen LogP contribution is 2.33. The van der Waals surface area contributed by atoms with Crippen LogP contribution in [-0.2, 0) is 6.54 Å². The van der Waals surface area contributed by atoms with Crippen LogP contribution in [0.5, 0.6) is 11.5 Å². The molecule has 1 aromatic heterocycles. The van der Waals surface area contributed by atoms with Crippen LogP contribution in [0.2, 0.25) is 5.02 Å². The predicted octanol–water partition coefficient (Wildman–Crippen LogP) is 3.07. The van der Waals surface area contributed by atoms with E-state index in [0.29, 0.717) is 10.8 Å². The van der Waals surface area contributed by atoms with E-state index in [1.54, 1.807) is 14.2 Å². The summed E-state index contributed by atoms with van der Waals surface area (Å²) in [4.78, 5) is 8.88. The Hall–Kier alpha value is -1.98. The molecule has 0 unspecified atom stereocenters. The van der Waals surface area contributed by atoms with Gasteiger partial charge in [0, 0.05) is 62.4 Å². The van der Waals surface area contributed by atoms with E-state index in [1.807, 2.05) is 24.5 Å². The minimum absolute atomic E-state index is 0.615. The number of pyridine rings is 1. The molecule has 0 amide bonds. The Labute approximate surface area is 147 Å². The fourth-order valence-electron chi connectivity index (χ4n) is 3.01. The van der Waals surface area contributed by atoms with Crippen LogP contribution in [0.25, 0.3) is 0 Å². The molecule has 1 fully saturated rings. The average Bonchev–Trinajstić information content (AvgIpc) is 2.63. The fraction of sp³-hybridized carbons (Fsp3) is 0.389. The largest absolute Gasteiger partial charge is 0.496 e. The molecular formula is C18H22ClN3O2. The standard InChI is InChI=1S/C18H22ClN3O2/c1-23-17-12-18(24-2)16(19)11-14(17)13-21-7-9-22(10-8-21)15-3-5-20-6-4-15/h3-6,11-12H,7-10,13H2,1-2H3. The van der Waals surface area contributed by atoms with Gasteiger partial charge in [0.15, 0.2) is 0 Å². The molecular weight excluding hydrogens is 326 g/mol. The fourth-order valence-corrected chi connectivity index (χ4v) is 3.27. The van der Waals surface area contributed by atoms with Crippen molar-refractivity contribution in [2.24, 2.45) is 0 Å². The zero-order chi connectivity index (χ0) is 16.9. The van der Waals surface area contributed by atoms with E-state index >= 15 is 0 Å². The number of halogens is 1. The van der Waals surface area contributed by atoms with Crippen molar-refractivity contribution in [2.75, 3.05) is 45.3 Å². The van der Waals surface area contributed by atoms with E-state index in [1.165, 1.54) is 5.69 Å². The zero-order valence-electron chi connectivity index (χ0n) is 14.0. The Bertz CT molecular complexity index is 673. The minimum Gasteiger partial charge on any atom is -0.496 e. The molecule has 2 heterocycles. The van der Waals surface area contributed by atoms with Gasteiger partial charge in [-0.05, 0) is 18.2 Å². The van der Waals surface area contributed by atoms with E-state index in [9.17, 15) is 0 Å². The molecule has 0 bridgehead atoms. The number of piperazine rings is 1. The molecule has 0 atom stereocenters. The lowest BCUT2D eigenvalue weighted by molar-refractivity contribution is 0.246. The molecule has 2 aromatic rings. The van der Waals surface area contributed by atoms with E-state index in [4.69, 9.17) is 21.1 Å². The second-order valence-electron chi connectivity index (χ2n) is 5.77. The lowest BCUT2D eigenvalue weighted by Gasteiger charge is -2.36. The monoisotopic (exact) mass is 347 g/mol. The summed E-state index contributed by atoms with van der Waals surface area (Å²) in [6, 6.07) is 7.91. The third kappa shape index (κ3) is 3.74. The van der Waals surface area contributed by atoms with Crippen molar-refractivity contribution in [2.45, 2.75) is 6.54 Å². The van der Waals surface area contributed by atoms with Crippen molar-refractivity contribution in [1.82, 2.24) is 9.88 Å². The topological polar surface area (TPSA) is 37.8 Å². The van der Waals surface area contributed by atoms with Gasteiger partial charge in [-0.25, -0.2) is 0 Å². The molecule has 0 aliphatic carbocycles. The van der Waals surface area contributed by atoms with Crippen LogP contribution in [0.15, 0.2) is 36.7 Å². The van der Waals surface area contributed by atoms with Crippen LogP contribution in [0, 0.1) is 0 Å². The number of hydrogen-bond donors (Lipinski definition) is 0. The van der Waals surface area contributed by atoms with Gasteiger partial charge in [0.2, 0.25) is 0 Å². The molecule has 0 saturated carbocycles. The third-order valence-corrected chi connectivity index (χ3v) is 4.64. The van der Waals surface area contributed by atoms with Gasteiger partial charge in [-0.3, -0.25) is 9.88 Å². The van der Waals surface area contributed by atoms with Crippen molar-refractivity contribution in [1.29, 1.82) is 0 Å². The Morgan fingerprint density at radius 2 is 1.67 bits per heavy atom. The second kappa shape index (κ2) is 7.73. The van der Waals surface area contributed by atoms with Crippen molar-refractivity contribution < 1.29 is 9.47 Å². The second-order valence-corrected chi connectivity index (χ2v) is 6.17. The van der Waals surface area contributed by atoms with Gasteiger partial charge in [0.25, 0.3) is 0 Å². The summed E-state index contributed by atoms with van der Waals surface area (Å²) in [6.07, 6.45) is 3.68. The SMILES string of the molecule is COc1cc(OC)c(CN2CCN(c3ccncc3)CC2)cc1Cl. The van der Waals surface area contributed by atoms with E-state index in [-0.39, 0.29) is 0 Å². The highest BCUT2D eigenvalue weighted by atomic mass is 35.5. The van der Waals surface area contributed by atoms with Crippen LogP contribution in [-0.4, -0.2) is 50.3 Å². The molecule has 0 radical (unpaired) electrons. The van der Waals surface area contributed by atoms with Gasteiger partial charge in [-0.2, -0.15) is 0 Å². The molecule has 0 N–H and O–H groups in total. The first-order valence-corrected chi connectivity index (χ1v) is 8.37. The van der Waals surface area contributed by atoms with Gasteiger partial charge >= 0.3 is 0 Å². The summed E-state index contributed by atoms with van der Waals surface area (Å²) in [7, 11) is 3.28.